The number of anilines is 1. The summed E-state index contributed by atoms with van der Waals surface area (Å²) in [7, 11) is 1.54. The molecule has 6 heteroatoms. The number of carbonyl (C=O) groups is 1. The number of halogens is 2. The maximum absolute atomic E-state index is 14.4. The van der Waals surface area contributed by atoms with Crippen molar-refractivity contribution in [2.75, 3.05) is 19.2 Å². The highest BCUT2D eigenvalue weighted by Crippen LogP contribution is 2.47. The smallest absolute Gasteiger partial charge is 0.189 e. The molecule has 4 unspecified atom stereocenters. The SMILES string of the molecule is C=CC(C)C1CC2(C(C)Cc3cc(F)c(NC)cc3F)OCOC2=CC1=O. The number of hydrogen-bond acceptors (Lipinski definition) is 4. The van der Waals surface area contributed by atoms with Crippen molar-refractivity contribution in [2.45, 2.75) is 32.3 Å². The third-order valence-corrected chi connectivity index (χ3v) is 5.84. The van der Waals surface area contributed by atoms with Gasteiger partial charge in [-0.25, -0.2) is 8.78 Å². The summed E-state index contributed by atoms with van der Waals surface area (Å²) in [6, 6.07) is 2.37. The van der Waals surface area contributed by atoms with Crippen LogP contribution in [0.3, 0.4) is 0 Å². The zero-order valence-corrected chi connectivity index (χ0v) is 15.9. The molecule has 1 N–H and O–H groups in total. The van der Waals surface area contributed by atoms with Gasteiger partial charge in [-0.3, -0.25) is 4.79 Å². The second kappa shape index (κ2) is 7.43. The Bertz CT molecular complexity index is 792. The van der Waals surface area contributed by atoms with Crippen molar-refractivity contribution in [3.8, 4) is 0 Å². The number of ketones is 1. The highest BCUT2D eigenvalue weighted by molar-refractivity contribution is 5.94. The van der Waals surface area contributed by atoms with Gasteiger partial charge in [-0.1, -0.05) is 19.9 Å². The third kappa shape index (κ3) is 3.38. The van der Waals surface area contributed by atoms with Crippen LogP contribution in [0.15, 0.2) is 36.6 Å². The summed E-state index contributed by atoms with van der Waals surface area (Å²) in [4.78, 5) is 12.5. The van der Waals surface area contributed by atoms with Crippen LogP contribution in [0.5, 0.6) is 0 Å². The first-order valence-corrected chi connectivity index (χ1v) is 9.13. The summed E-state index contributed by atoms with van der Waals surface area (Å²) in [6.07, 6.45) is 3.95. The van der Waals surface area contributed by atoms with Gasteiger partial charge >= 0.3 is 0 Å². The molecule has 0 radical (unpaired) electrons. The zero-order chi connectivity index (χ0) is 19.8. The first-order valence-electron chi connectivity index (χ1n) is 9.13. The largest absolute Gasteiger partial charge is 0.469 e. The Morgan fingerprint density at radius 2 is 2.11 bits per heavy atom. The van der Waals surface area contributed by atoms with Crippen molar-refractivity contribution in [2.24, 2.45) is 17.8 Å². The van der Waals surface area contributed by atoms with E-state index < -0.39 is 17.2 Å². The number of hydrogen-bond donors (Lipinski definition) is 1. The Kier molecular flexibility index (Phi) is 5.38. The molecule has 27 heavy (non-hydrogen) atoms. The quantitative estimate of drug-likeness (QED) is 0.754. The van der Waals surface area contributed by atoms with Crippen LogP contribution >= 0.6 is 0 Å². The number of allylic oxidation sites excluding steroid dienone is 2. The number of nitrogens with one attached hydrogen (secondary N) is 1. The van der Waals surface area contributed by atoms with Crippen LogP contribution < -0.4 is 5.32 Å². The predicted octanol–water partition coefficient (Wildman–Crippen LogP) is 4.22. The second-order valence-corrected chi connectivity index (χ2v) is 7.39. The molecule has 0 bridgehead atoms. The lowest BCUT2D eigenvalue weighted by atomic mass is 9.69. The lowest BCUT2D eigenvalue weighted by molar-refractivity contribution is -0.124. The molecule has 3 rings (SSSR count). The van der Waals surface area contributed by atoms with Crippen LogP contribution in [0.4, 0.5) is 14.5 Å². The van der Waals surface area contributed by atoms with Gasteiger partial charge in [0.05, 0.1) is 5.69 Å². The minimum atomic E-state index is -0.819. The molecule has 1 heterocycles. The van der Waals surface area contributed by atoms with Crippen LogP contribution in [-0.4, -0.2) is 25.2 Å². The van der Waals surface area contributed by atoms with Gasteiger partial charge in [-0.2, -0.15) is 0 Å². The van der Waals surface area contributed by atoms with E-state index in [-0.39, 0.29) is 48.0 Å². The van der Waals surface area contributed by atoms with Crippen molar-refractivity contribution >= 4 is 11.5 Å². The molecule has 2 aliphatic rings. The second-order valence-electron chi connectivity index (χ2n) is 7.39. The van der Waals surface area contributed by atoms with Crippen LogP contribution in [0, 0.1) is 29.4 Å². The van der Waals surface area contributed by atoms with Crippen LogP contribution in [0.1, 0.15) is 25.8 Å². The predicted molar refractivity (Wildman–Crippen MR) is 99.1 cm³/mol. The van der Waals surface area contributed by atoms with E-state index in [4.69, 9.17) is 9.47 Å². The molecule has 1 saturated heterocycles. The number of fused-ring (bicyclic) bond motifs is 1. The van der Waals surface area contributed by atoms with Crippen molar-refractivity contribution in [1.82, 2.24) is 0 Å². The van der Waals surface area contributed by atoms with E-state index in [9.17, 15) is 13.6 Å². The molecule has 1 fully saturated rings. The average molecular weight is 377 g/mol. The topological polar surface area (TPSA) is 47.6 Å². The van der Waals surface area contributed by atoms with Crippen molar-refractivity contribution in [3.63, 3.8) is 0 Å². The Labute approximate surface area is 158 Å². The zero-order valence-electron chi connectivity index (χ0n) is 15.9. The fraction of sp³-hybridized carbons (Fsp3) is 0.476. The third-order valence-electron chi connectivity index (χ3n) is 5.84. The van der Waals surface area contributed by atoms with Crippen molar-refractivity contribution < 1.29 is 23.0 Å². The van der Waals surface area contributed by atoms with Gasteiger partial charge in [-0.05, 0) is 36.3 Å². The Morgan fingerprint density at radius 3 is 2.78 bits per heavy atom. The fourth-order valence-electron chi connectivity index (χ4n) is 4.00. The van der Waals surface area contributed by atoms with Gasteiger partial charge in [0, 0.05) is 25.1 Å². The van der Waals surface area contributed by atoms with E-state index in [1.165, 1.54) is 12.1 Å². The summed E-state index contributed by atoms with van der Waals surface area (Å²) in [6.45, 7) is 7.69. The molecule has 4 nitrogen and oxygen atoms in total. The number of benzene rings is 1. The van der Waals surface area contributed by atoms with Crippen LogP contribution in [0.25, 0.3) is 0 Å². The fourth-order valence-corrected chi connectivity index (χ4v) is 4.00. The highest BCUT2D eigenvalue weighted by Gasteiger charge is 2.52. The van der Waals surface area contributed by atoms with E-state index in [0.29, 0.717) is 12.2 Å². The van der Waals surface area contributed by atoms with Crippen LogP contribution in [0.2, 0.25) is 0 Å². The lowest BCUT2D eigenvalue weighted by Crippen LogP contribution is -2.46. The van der Waals surface area contributed by atoms with Gasteiger partial charge in [0.15, 0.2) is 12.6 Å². The molecule has 0 saturated carbocycles. The molecule has 0 aromatic heterocycles. The van der Waals surface area contributed by atoms with Gasteiger partial charge in [0.25, 0.3) is 0 Å². The maximum Gasteiger partial charge on any atom is 0.189 e. The minimum Gasteiger partial charge on any atom is -0.469 e. The molecule has 146 valence electrons. The summed E-state index contributed by atoms with van der Waals surface area (Å²) < 4.78 is 40.1. The number of rotatable bonds is 6. The Hall–Kier alpha value is -2.21. The van der Waals surface area contributed by atoms with Gasteiger partial charge < -0.3 is 14.8 Å². The molecule has 0 spiro atoms. The molecule has 1 aliphatic heterocycles. The van der Waals surface area contributed by atoms with E-state index in [1.54, 1.807) is 13.1 Å². The van der Waals surface area contributed by atoms with E-state index in [2.05, 4.69) is 11.9 Å². The van der Waals surface area contributed by atoms with Crippen molar-refractivity contribution in [1.29, 1.82) is 0 Å². The van der Waals surface area contributed by atoms with Gasteiger partial charge in [0.2, 0.25) is 0 Å². The van der Waals surface area contributed by atoms with Gasteiger partial charge in [0.1, 0.15) is 23.0 Å². The Morgan fingerprint density at radius 1 is 1.37 bits per heavy atom. The van der Waals surface area contributed by atoms with E-state index in [1.807, 2.05) is 13.8 Å². The summed E-state index contributed by atoms with van der Waals surface area (Å²) in [5.41, 5.74) is -0.430. The number of ether oxygens (including phenoxy) is 2. The van der Waals surface area contributed by atoms with Crippen molar-refractivity contribution in [3.05, 3.63) is 53.8 Å². The monoisotopic (exact) mass is 377 g/mol. The lowest BCUT2D eigenvalue weighted by Gasteiger charge is -2.39. The normalized spacial score (nSPS) is 26.6. The average Bonchev–Trinajstić information content (AvgIpc) is 3.06. The molecule has 0 amide bonds. The first kappa shape index (κ1) is 19.5. The number of carbonyl (C=O) groups excluding carboxylic acids is 1. The summed E-state index contributed by atoms with van der Waals surface area (Å²) in [5, 5.41) is 2.63. The molecule has 4 atom stereocenters. The van der Waals surface area contributed by atoms with Crippen LogP contribution in [-0.2, 0) is 20.7 Å². The first-order chi connectivity index (χ1) is 12.8. The van der Waals surface area contributed by atoms with E-state index in [0.717, 1.165) is 6.07 Å². The maximum atomic E-state index is 14.4. The molecule has 1 aromatic rings. The summed E-state index contributed by atoms with van der Waals surface area (Å²) in [5.74, 6) is -1.02. The summed E-state index contributed by atoms with van der Waals surface area (Å²) >= 11 is 0. The molecule has 1 aliphatic carbocycles. The highest BCUT2D eigenvalue weighted by atomic mass is 19.1. The standard InChI is InChI=1S/C21H25F2NO3/c1-5-12(2)15-10-21(20(9-19(15)25)26-11-27-21)13(3)6-14-7-17(23)18(24-4)8-16(14)22/h5,7-9,12-13,15,24H,1,6,10-11H2,2-4H3. The molecular weight excluding hydrogens is 352 g/mol. The molecule has 1 aromatic carbocycles. The Balaban J connectivity index is 1.91. The molecular formula is C21H25F2NO3. The van der Waals surface area contributed by atoms with Gasteiger partial charge in [-0.15, -0.1) is 6.58 Å². The minimum absolute atomic E-state index is 0.0127. The van der Waals surface area contributed by atoms with E-state index >= 15 is 0 Å².